The lowest BCUT2D eigenvalue weighted by atomic mass is 10.3. The van der Waals surface area contributed by atoms with Gasteiger partial charge in [0.2, 0.25) is 0 Å². The third-order valence-electron chi connectivity index (χ3n) is 3.59. The van der Waals surface area contributed by atoms with E-state index in [2.05, 4.69) is 9.97 Å². The molecule has 2 heterocycles. The maximum absolute atomic E-state index is 12.4. The van der Waals surface area contributed by atoms with Gasteiger partial charge in [-0.05, 0) is 31.2 Å². The van der Waals surface area contributed by atoms with Crippen molar-refractivity contribution in [2.45, 2.75) is 19.6 Å². The summed E-state index contributed by atoms with van der Waals surface area (Å²) in [7, 11) is 1.67. The van der Waals surface area contributed by atoms with Crippen molar-refractivity contribution in [2.24, 2.45) is 0 Å². The zero-order valence-corrected chi connectivity index (χ0v) is 14.7. The number of amides is 1. The van der Waals surface area contributed by atoms with Crippen LogP contribution in [0.15, 0.2) is 48.7 Å². The third-order valence-corrected chi connectivity index (χ3v) is 4.61. The van der Waals surface area contributed by atoms with E-state index in [1.54, 1.807) is 43.5 Å². The Morgan fingerprint density at radius 2 is 1.96 bits per heavy atom. The van der Waals surface area contributed by atoms with Crippen molar-refractivity contribution in [2.75, 3.05) is 7.05 Å². The first-order chi connectivity index (χ1) is 12.0. The summed E-state index contributed by atoms with van der Waals surface area (Å²) < 4.78 is 6.28. The number of carbonyl (C=O) groups excluding carboxylic acids is 2. The van der Waals surface area contributed by atoms with E-state index in [0.717, 1.165) is 15.2 Å². The number of pyridine rings is 1. The van der Waals surface area contributed by atoms with E-state index in [9.17, 15) is 9.59 Å². The highest BCUT2D eigenvalue weighted by Crippen LogP contribution is 2.22. The van der Waals surface area contributed by atoms with Gasteiger partial charge in [0.05, 0.1) is 16.8 Å². The van der Waals surface area contributed by atoms with E-state index in [0.29, 0.717) is 6.54 Å². The quantitative estimate of drug-likeness (QED) is 0.658. The number of aromatic nitrogens is 2. The minimum absolute atomic E-state index is 0.177. The Balaban J connectivity index is 1.62. The standard InChI is InChI=1S/C18H17N3O3S/c1-12(24-18(23)14-8-5-6-10-19-14)17(22)21(2)11-16-20-13-7-3-4-9-15(13)25-16/h3-10,12H,11H2,1-2H3. The van der Waals surface area contributed by atoms with Crippen molar-refractivity contribution in [3.63, 3.8) is 0 Å². The van der Waals surface area contributed by atoms with Crippen molar-refractivity contribution < 1.29 is 14.3 Å². The van der Waals surface area contributed by atoms with Crippen molar-refractivity contribution in [3.8, 4) is 0 Å². The second-order valence-corrected chi connectivity index (χ2v) is 6.65. The zero-order chi connectivity index (χ0) is 17.8. The van der Waals surface area contributed by atoms with Gasteiger partial charge < -0.3 is 9.64 Å². The van der Waals surface area contributed by atoms with E-state index in [1.165, 1.54) is 11.1 Å². The Morgan fingerprint density at radius 3 is 2.68 bits per heavy atom. The fraction of sp³-hybridized carbons (Fsp3) is 0.222. The zero-order valence-electron chi connectivity index (χ0n) is 13.9. The molecule has 3 rings (SSSR count). The summed E-state index contributed by atoms with van der Waals surface area (Å²) in [6, 6.07) is 12.8. The minimum Gasteiger partial charge on any atom is -0.448 e. The molecule has 3 aromatic rings. The smallest absolute Gasteiger partial charge is 0.357 e. The van der Waals surface area contributed by atoms with Gasteiger partial charge in [0.25, 0.3) is 5.91 Å². The van der Waals surface area contributed by atoms with Crippen LogP contribution in [0.3, 0.4) is 0 Å². The fourth-order valence-corrected chi connectivity index (χ4v) is 3.35. The molecule has 0 saturated heterocycles. The molecule has 1 aromatic carbocycles. The molecule has 2 aromatic heterocycles. The van der Waals surface area contributed by atoms with Gasteiger partial charge in [0, 0.05) is 13.2 Å². The van der Waals surface area contributed by atoms with Gasteiger partial charge in [-0.25, -0.2) is 14.8 Å². The summed E-state index contributed by atoms with van der Waals surface area (Å²) in [6.07, 6.45) is 0.608. The van der Waals surface area contributed by atoms with Gasteiger partial charge in [0.15, 0.2) is 6.10 Å². The van der Waals surface area contributed by atoms with Crippen LogP contribution in [-0.2, 0) is 16.1 Å². The van der Waals surface area contributed by atoms with Crippen LogP contribution in [0, 0.1) is 0 Å². The fourth-order valence-electron chi connectivity index (χ4n) is 2.33. The van der Waals surface area contributed by atoms with Gasteiger partial charge in [-0.2, -0.15) is 0 Å². The Hall–Kier alpha value is -2.80. The third kappa shape index (κ3) is 4.00. The molecule has 0 aliphatic carbocycles. The van der Waals surface area contributed by atoms with Gasteiger partial charge in [-0.3, -0.25) is 4.79 Å². The second-order valence-electron chi connectivity index (χ2n) is 5.53. The summed E-state index contributed by atoms with van der Waals surface area (Å²) in [6.45, 7) is 1.92. The predicted octanol–water partition coefficient (Wildman–Crippen LogP) is 2.90. The molecular formula is C18H17N3O3S. The normalized spacial score (nSPS) is 11.9. The van der Waals surface area contributed by atoms with E-state index in [1.807, 2.05) is 24.3 Å². The Labute approximate surface area is 149 Å². The van der Waals surface area contributed by atoms with Crippen LogP contribution in [0.25, 0.3) is 10.2 Å². The molecule has 1 unspecified atom stereocenters. The van der Waals surface area contributed by atoms with E-state index >= 15 is 0 Å². The first kappa shape index (κ1) is 17.0. The van der Waals surface area contributed by atoms with E-state index < -0.39 is 12.1 Å². The molecule has 1 amide bonds. The predicted molar refractivity (Wildman–Crippen MR) is 95.2 cm³/mol. The van der Waals surface area contributed by atoms with Gasteiger partial charge in [0.1, 0.15) is 10.7 Å². The molecule has 0 aliphatic rings. The van der Waals surface area contributed by atoms with E-state index in [4.69, 9.17) is 4.74 Å². The van der Waals surface area contributed by atoms with Crippen LogP contribution in [0.1, 0.15) is 22.4 Å². The van der Waals surface area contributed by atoms with Crippen molar-refractivity contribution >= 4 is 33.4 Å². The van der Waals surface area contributed by atoms with Crippen LogP contribution in [0.2, 0.25) is 0 Å². The van der Waals surface area contributed by atoms with E-state index in [-0.39, 0.29) is 11.6 Å². The molecule has 0 radical (unpaired) electrons. The number of hydrogen-bond donors (Lipinski definition) is 0. The minimum atomic E-state index is -0.895. The number of nitrogens with zero attached hydrogens (tertiary/aromatic N) is 3. The average Bonchev–Trinajstić information content (AvgIpc) is 3.03. The van der Waals surface area contributed by atoms with Gasteiger partial charge >= 0.3 is 5.97 Å². The number of ether oxygens (including phenoxy) is 1. The molecular weight excluding hydrogens is 338 g/mol. The highest BCUT2D eigenvalue weighted by molar-refractivity contribution is 7.18. The molecule has 0 saturated carbocycles. The maximum Gasteiger partial charge on any atom is 0.357 e. The number of benzene rings is 1. The lowest BCUT2D eigenvalue weighted by Crippen LogP contribution is -2.37. The number of rotatable bonds is 5. The average molecular weight is 355 g/mol. The lowest BCUT2D eigenvalue weighted by Gasteiger charge is -2.20. The summed E-state index contributed by atoms with van der Waals surface area (Å²) >= 11 is 1.54. The number of para-hydroxylation sites is 1. The molecule has 25 heavy (non-hydrogen) atoms. The molecule has 7 heteroatoms. The SMILES string of the molecule is CC(OC(=O)c1ccccn1)C(=O)N(C)Cc1nc2ccccc2s1. The van der Waals surface area contributed by atoms with Gasteiger partial charge in [-0.15, -0.1) is 11.3 Å². The summed E-state index contributed by atoms with van der Waals surface area (Å²) in [4.78, 5) is 34.4. The molecule has 0 aliphatic heterocycles. The summed E-state index contributed by atoms with van der Waals surface area (Å²) in [5.41, 5.74) is 1.09. The van der Waals surface area contributed by atoms with Crippen LogP contribution in [0.5, 0.6) is 0 Å². The van der Waals surface area contributed by atoms with Crippen molar-refractivity contribution in [1.82, 2.24) is 14.9 Å². The Morgan fingerprint density at radius 1 is 1.20 bits per heavy atom. The second kappa shape index (κ2) is 7.40. The largest absolute Gasteiger partial charge is 0.448 e. The highest BCUT2D eigenvalue weighted by Gasteiger charge is 2.23. The topological polar surface area (TPSA) is 72.4 Å². The summed E-state index contributed by atoms with van der Waals surface area (Å²) in [5.74, 6) is -0.904. The molecule has 0 N–H and O–H groups in total. The Kier molecular flexibility index (Phi) is 5.04. The lowest BCUT2D eigenvalue weighted by molar-refractivity contribution is -0.139. The first-order valence-corrected chi connectivity index (χ1v) is 8.57. The number of hydrogen-bond acceptors (Lipinski definition) is 6. The number of carbonyl (C=O) groups is 2. The van der Waals surface area contributed by atoms with Crippen molar-refractivity contribution in [1.29, 1.82) is 0 Å². The molecule has 0 bridgehead atoms. The maximum atomic E-state index is 12.4. The molecule has 6 nitrogen and oxygen atoms in total. The molecule has 1 atom stereocenters. The monoisotopic (exact) mass is 355 g/mol. The number of likely N-dealkylation sites (N-methyl/N-ethyl adjacent to an activating group) is 1. The number of fused-ring (bicyclic) bond motifs is 1. The summed E-state index contributed by atoms with van der Waals surface area (Å²) in [5, 5.41) is 0.834. The van der Waals surface area contributed by atoms with Crippen LogP contribution in [0.4, 0.5) is 0 Å². The van der Waals surface area contributed by atoms with Crippen LogP contribution >= 0.6 is 11.3 Å². The number of thiazole rings is 1. The highest BCUT2D eigenvalue weighted by atomic mass is 32.1. The molecule has 128 valence electrons. The number of esters is 1. The molecule has 0 spiro atoms. The van der Waals surface area contributed by atoms with Crippen LogP contribution in [-0.4, -0.2) is 39.9 Å². The molecule has 0 fully saturated rings. The first-order valence-electron chi connectivity index (χ1n) is 7.76. The van der Waals surface area contributed by atoms with Gasteiger partial charge in [-0.1, -0.05) is 18.2 Å². The van der Waals surface area contributed by atoms with Crippen molar-refractivity contribution in [3.05, 3.63) is 59.4 Å². The van der Waals surface area contributed by atoms with Crippen LogP contribution < -0.4 is 0 Å². The Bertz CT molecular complexity index is 862.